The number of hydrogen-bond donors (Lipinski definition) is 12. The van der Waals surface area contributed by atoms with E-state index in [1.165, 1.54) is 148 Å². The largest absolute Gasteiger partial charge is 0.394 e. The molecule has 0 aliphatic carbocycles. The first kappa shape index (κ1) is 71.3. The monoisotopic (exact) mass is 1130 g/mol. The number of aliphatic hydroxyl groups is 11. The fraction of sp³-hybridized carbons (Fsp3) is 0.883. The fourth-order valence-electron chi connectivity index (χ4n) is 10.4. The van der Waals surface area contributed by atoms with Gasteiger partial charge in [-0.15, -0.1) is 0 Å². The molecule has 462 valence electrons. The molecule has 0 aromatic rings. The SMILES string of the molecule is CCCCCCCCCCCCCCCCCCCCCCCCC/C=C/CC/C=C/CC/C=C/C(O)C(COC1OC(CO)C(OC2OC(CO)C(OC3OC(CO)C(O)C(O)C3O)C(O)C2O)C(O)C1O)NC(=O)CCC. The van der Waals surface area contributed by atoms with Crippen LogP contribution in [0.4, 0.5) is 0 Å². The van der Waals surface area contributed by atoms with Crippen molar-refractivity contribution in [2.75, 3.05) is 26.4 Å². The Kier molecular flexibility index (Phi) is 39.4. The van der Waals surface area contributed by atoms with Crippen LogP contribution >= 0.6 is 0 Å². The second kappa shape index (κ2) is 43.6. The van der Waals surface area contributed by atoms with E-state index in [1.54, 1.807) is 12.2 Å². The third-order valence-electron chi connectivity index (χ3n) is 15.4. The molecule has 3 heterocycles. The second-order valence-electron chi connectivity index (χ2n) is 22.2. The zero-order chi connectivity index (χ0) is 57.6. The van der Waals surface area contributed by atoms with E-state index in [0.717, 1.165) is 25.7 Å². The summed E-state index contributed by atoms with van der Waals surface area (Å²) >= 11 is 0. The molecular formula is C60H109NO18. The van der Waals surface area contributed by atoms with Crippen molar-refractivity contribution in [3.05, 3.63) is 36.5 Å². The van der Waals surface area contributed by atoms with Gasteiger partial charge in [0.1, 0.15) is 73.2 Å². The summed E-state index contributed by atoms with van der Waals surface area (Å²) in [5, 5.41) is 119. The summed E-state index contributed by atoms with van der Waals surface area (Å²) in [6.45, 7) is 1.30. The third kappa shape index (κ3) is 27.5. The molecule has 3 fully saturated rings. The van der Waals surface area contributed by atoms with Crippen LogP contribution in [0.2, 0.25) is 0 Å². The van der Waals surface area contributed by atoms with E-state index in [9.17, 15) is 61.0 Å². The lowest BCUT2D eigenvalue weighted by molar-refractivity contribution is -0.379. The molecule has 3 aliphatic heterocycles. The number of carbonyl (C=O) groups is 1. The van der Waals surface area contributed by atoms with Gasteiger partial charge in [-0.25, -0.2) is 0 Å². The number of hydrogen-bond acceptors (Lipinski definition) is 18. The van der Waals surface area contributed by atoms with Crippen molar-refractivity contribution >= 4 is 5.91 Å². The summed E-state index contributed by atoms with van der Waals surface area (Å²) in [5.41, 5.74) is 0. The highest BCUT2D eigenvalue weighted by molar-refractivity contribution is 5.76. The Labute approximate surface area is 472 Å². The van der Waals surface area contributed by atoms with Crippen LogP contribution in [0, 0.1) is 0 Å². The van der Waals surface area contributed by atoms with E-state index in [2.05, 4.69) is 36.5 Å². The molecule has 0 aromatic heterocycles. The highest BCUT2D eigenvalue weighted by Gasteiger charge is 2.53. The molecule has 3 aliphatic rings. The minimum absolute atomic E-state index is 0.182. The summed E-state index contributed by atoms with van der Waals surface area (Å²) in [7, 11) is 0. The Morgan fingerprint density at radius 2 is 0.810 bits per heavy atom. The number of rotatable bonds is 45. The van der Waals surface area contributed by atoms with Gasteiger partial charge in [-0.3, -0.25) is 4.79 Å². The maximum Gasteiger partial charge on any atom is 0.220 e. The third-order valence-corrected chi connectivity index (χ3v) is 15.4. The molecule has 79 heavy (non-hydrogen) atoms. The van der Waals surface area contributed by atoms with Crippen LogP contribution in [0.15, 0.2) is 36.5 Å². The molecule has 3 saturated heterocycles. The molecule has 0 radical (unpaired) electrons. The molecule has 1 amide bonds. The Balaban J connectivity index is 1.28. The fourth-order valence-corrected chi connectivity index (χ4v) is 10.4. The lowest BCUT2D eigenvalue weighted by atomic mass is 9.96. The van der Waals surface area contributed by atoms with Crippen LogP contribution in [0.25, 0.3) is 0 Å². The zero-order valence-electron chi connectivity index (χ0n) is 48.1. The quantitative estimate of drug-likeness (QED) is 0.0257. The lowest BCUT2D eigenvalue weighted by Crippen LogP contribution is -2.66. The summed E-state index contributed by atoms with van der Waals surface area (Å²) in [5.74, 6) is -0.344. The van der Waals surface area contributed by atoms with Gasteiger partial charge in [0.25, 0.3) is 0 Å². The van der Waals surface area contributed by atoms with Crippen LogP contribution in [0.5, 0.6) is 0 Å². The van der Waals surface area contributed by atoms with E-state index < -0.39 is 124 Å². The maximum atomic E-state index is 12.7. The number of amides is 1. The molecule has 19 nitrogen and oxygen atoms in total. The Hall–Kier alpha value is -1.99. The Morgan fingerprint density at radius 1 is 0.443 bits per heavy atom. The first-order chi connectivity index (χ1) is 38.3. The van der Waals surface area contributed by atoms with Crippen molar-refractivity contribution in [2.24, 2.45) is 0 Å². The number of ether oxygens (including phenoxy) is 6. The van der Waals surface area contributed by atoms with Gasteiger partial charge in [0.2, 0.25) is 5.91 Å². The Morgan fingerprint density at radius 3 is 1.24 bits per heavy atom. The van der Waals surface area contributed by atoms with Crippen molar-refractivity contribution in [2.45, 2.75) is 311 Å². The van der Waals surface area contributed by atoms with Gasteiger partial charge in [-0.2, -0.15) is 0 Å². The van der Waals surface area contributed by atoms with Crippen molar-refractivity contribution in [1.82, 2.24) is 5.32 Å². The number of aliphatic hydroxyl groups excluding tert-OH is 11. The maximum absolute atomic E-state index is 12.7. The first-order valence-electron chi connectivity index (χ1n) is 30.7. The van der Waals surface area contributed by atoms with Crippen LogP contribution in [-0.4, -0.2) is 193 Å². The highest BCUT2D eigenvalue weighted by atomic mass is 16.8. The molecule has 0 saturated carbocycles. The highest BCUT2D eigenvalue weighted by Crippen LogP contribution is 2.33. The molecular weight excluding hydrogens is 1020 g/mol. The zero-order valence-corrected chi connectivity index (χ0v) is 48.1. The second-order valence-corrected chi connectivity index (χ2v) is 22.2. The molecule has 0 bridgehead atoms. The van der Waals surface area contributed by atoms with Crippen molar-refractivity contribution in [1.29, 1.82) is 0 Å². The van der Waals surface area contributed by atoms with Crippen LogP contribution in [0.1, 0.15) is 206 Å². The van der Waals surface area contributed by atoms with Gasteiger partial charge >= 0.3 is 0 Å². The number of allylic oxidation sites excluding steroid dienone is 5. The molecule has 3 rings (SSSR count). The van der Waals surface area contributed by atoms with E-state index in [-0.39, 0.29) is 18.9 Å². The van der Waals surface area contributed by atoms with E-state index in [0.29, 0.717) is 12.8 Å². The molecule has 19 heteroatoms. The summed E-state index contributed by atoms with van der Waals surface area (Å²) in [4.78, 5) is 12.7. The first-order valence-corrected chi connectivity index (χ1v) is 30.7. The average Bonchev–Trinajstić information content (AvgIpc) is 3.49. The van der Waals surface area contributed by atoms with Crippen molar-refractivity contribution in [3.8, 4) is 0 Å². The molecule has 17 atom stereocenters. The Bertz CT molecular complexity index is 1590. The predicted molar refractivity (Wildman–Crippen MR) is 300 cm³/mol. The normalized spacial score (nSPS) is 30.5. The van der Waals surface area contributed by atoms with Crippen molar-refractivity contribution in [3.63, 3.8) is 0 Å². The number of nitrogens with one attached hydrogen (secondary N) is 1. The standard InChI is InChI=1S/C60H109NO18/c1-3-5-6-7-8-9-10-11-12-13-14-15-16-17-18-19-20-21-22-23-24-25-26-27-28-29-30-31-32-33-34-35-36-38-44(65)43(61-48(66)37-4-2)42-74-58-54(72)51(69)56(46(40-63)76-58)79-60-55(73)52(70)57(47(41-64)77-60)78-59-53(71)50(68)49(67)45(39-62)75-59/h28-29,32-33,36,38,43-47,49-60,62-65,67-73H,3-27,30-31,34-35,37,39-42H2,1-2H3,(H,61,66)/b29-28+,33-32+,38-36+. The number of carbonyl (C=O) groups excluding carboxylic acids is 1. The topological polar surface area (TPSA) is 307 Å². The predicted octanol–water partition coefficient (Wildman–Crippen LogP) is 5.71. The van der Waals surface area contributed by atoms with E-state index >= 15 is 0 Å². The van der Waals surface area contributed by atoms with Gasteiger partial charge in [-0.05, 0) is 44.9 Å². The average molecular weight is 1130 g/mol. The van der Waals surface area contributed by atoms with E-state index in [4.69, 9.17) is 28.4 Å². The van der Waals surface area contributed by atoms with Gasteiger partial charge in [0.15, 0.2) is 18.9 Å². The minimum atomic E-state index is -1.98. The number of unbranched alkanes of at least 4 members (excludes halogenated alkanes) is 25. The van der Waals surface area contributed by atoms with Crippen LogP contribution in [0.3, 0.4) is 0 Å². The van der Waals surface area contributed by atoms with Gasteiger partial charge in [0.05, 0.1) is 38.6 Å². The van der Waals surface area contributed by atoms with Crippen molar-refractivity contribution < 1.29 is 89.4 Å². The molecule has 12 N–H and O–H groups in total. The molecule has 17 unspecified atom stereocenters. The molecule has 0 aromatic carbocycles. The van der Waals surface area contributed by atoms with Crippen LogP contribution in [-0.2, 0) is 33.2 Å². The lowest BCUT2D eigenvalue weighted by Gasteiger charge is -2.48. The minimum Gasteiger partial charge on any atom is -0.394 e. The molecule has 0 spiro atoms. The van der Waals surface area contributed by atoms with Gasteiger partial charge < -0.3 is 89.9 Å². The van der Waals surface area contributed by atoms with Gasteiger partial charge in [0, 0.05) is 6.42 Å². The van der Waals surface area contributed by atoms with E-state index in [1.807, 2.05) is 6.92 Å². The smallest absolute Gasteiger partial charge is 0.220 e. The summed E-state index contributed by atoms with van der Waals surface area (Å²) in [6.07, 6.45) is 22.5. The van der Waals surface area contributed by atoms with Gasteiger partial charge in [-0.1, -0.05) is 192 Å². The van der Waals surface area contributed by atoms with Crippen LogP contribution < -0.4 is 5.32 Å². The summed E-state index contributed by atoms with van der Waals surface area (Å²) < 4.78 is 33.9. The summed E-state index contributed by atoms with van der Waals surface area (Å²) in [6, 6.07) is -0.990.